The van der Waals surface area contributed by atoms with Gasteiger partial charge in [-0.05, 0) is 77.1 Å². The first-order valence-electron chi connectivity index (χ1n) is 13.0. The van der Waals surface area contributed by atoms with Crippen molar-refractivity contribution in [3.8, 4) is 5.75 Å². The lowest BCUT2D eigenvalue weighted by atomic mass is 9.92. The van der Waals surface area contributed by atoms with Crippen molar-refractivity contribution in [3.05, 3.63) is 97.1 Å². The topological polar surface area (TPSA) is 69.7 Å². The number of ether oxygens (including phenoxy) is 2. The highest BCUT2D eigenvalue weighted by Crippen LogP contribution is 2.34. The molecule has 1 aliphatic carbocycles. The number of hydrogen-bond donors (Lipinski definition) is 0. The highest BCUT2D eigenvalue weighted by atomic mass is 32.2. The van der Waals surface area contributed by atoms with Crippen molar-refractivity contribution in [2.24, 2.45) is 0 Å². The summed E-state index contributed by atoms with van der Waals surface area (Å²) in [5, 5.41) is 3.08. The van der Waals surface area contributed by atoms with Crippen LogP contribution in [0.1, 0.15) is 43.6 Å². The Kier molecular flexibility index (Phi) is 7.52. The fourth-order valence-corrected chi connectivity index (χ4v) is 7.39. The van der Waals surface area contributed by atoms with Crippen LogP contribution in [0.4, 0.5) is 0 Å². The van der Waals surface area contributed by atoms with Crippen LogP contribution in [0, 0.1) is 0 Å². The Morgan fingerprint density at radius 3 is 2.39 bits per heavy atom. The van der Waals surface area contributed by atoms with Gasteiger partial charge in [0.2, 0.25) is 0 Å². The first-order valence-corrected chi connectivity index (χ1v) is 14.6. The van der Waals surface area contributed by atoms with Crippen LogP contribution in [-0.2, 0) is 19.4 Å². The summed E-state index contributed by atoms with van der Waals surface area (Å²) in [5.74, 6) is -0.211. The van der Waals surface area contributed by atoms with Crippen LogP contribution >= 0.6 is 0 Å². The molecule has 0 radical (unpaired) electrons. The first-order chi connectivity index (χ1) is 18.4. The summed E-state index contributed by atoms with van der Waals surface area (Å²) in [4.78, 5) is 13.8. The van der Waals surface area contributed by atoms with Crippen LogP contribution in [0.5, 0.6) is 5.75 Å². The summed E-state index contributed by atoms with van der Waals surface area (Å²) in [6.07, 6.45) is 4.02. The van der Waals surface area contributed by atoms with Gasteiger partial charge in [0, 0.05) is 0 Å². The molecule has 1 fully saturated rings. The van der Waals surface area contributed by atoms with Gasteiger partial charge in [-0.15, -0.1) is 6.58 Å². The van der Waals surface area contributed by atoms with Gasteiger partial charge in [0.1, 0.15) is 17.1 Å². The molecule has 0 N–H and O–H groups in total. The Hall–Kier alpha value is -3.64. The van der Waals surface area contributed by atoms with Crippen molar-refractivity contribution in [2.75, 3.05) is 7.11 Å². The summed E-state index contributed by atoms with van der Waals surface area (Å²) < 4.78 is 38.9. The van der Waals surface area contributed by atoms with E-state index in [4.69, 9.17) is 9.47 Å². The number of methoxy groups -OCH3 is 1. The van der Waals surface area contributed by atoms with Gasteiger partial charge in [-0.2, -0.15) is 0 Å². The standard InChI is InChI=1S/C32H32O5S/c1-3-8-29(26-14-13-25-20-27(36-2)17-15-24(25)19-26)32(33)37-30-11-6-7-12-31(30)38(34,35)28-18-16-22-9-4-5-10-23(22)21-28/h3-5,9-10,13-21,29-31H,1,6-8,11-12H2,2H3/t29-,30+,31+/m1/s1. The summed E-state index contributed by atoms with van der Waals surface area (Å²) in [6, 6.07) is 24.6. The molecule has 38 heavy (non-hydrogen) atoms. The molecule has 6 heteroatoms. The molecule has 4 aromatic carbocycles. The van der Waals surface area contributed by atoms with Gasteiger partial charge in [-0.1, -0.05) is 67.1 Å². The SMILES string of the molecule is C=CC[C@@H](C(=O)O[C@H]1CCCC[C@@H]1S(=O)(=O)c1ccc2ccccc2c1)c1ccc2cc(OC)ccc2c1. The monoisotopic (exact) mass is 528 g/mol. The number of hydrogen-bond acceptors (Lipinski definition) is 5. The Bertz CT molecular complexity index is 1590. The average molecular weight is 529 g/mol. The number of carbonyl (C=O) groups is 1. The molecular weight excluding hydrogens is 496 g/mol. The van der Waals surface area contributed by atoms with Gasteiger partial charge < -0.3 is 9.47 Å². The van der Waals surface area contributed by atoms with E-state index in [1.807, 2.05) is 66.7 Å². The number of esters is 1. The quantitative estimate of drug-likeness (QED) is 0.182. The van der Waals surface area contributed by atoms with Crippen molar-refractivity contribution in [1.82, 2.24) is 0 Å². The van der Waals surface area contributed by atoms with Crippen molar-refractivity contribution in [2.45, 2.75) is 54.3 Å². The molecule has 0 bridgehead atoms. The molecule has 0 saturated heterocycles. The molecule has 5 rings (SSSR count). The average Bonchev–Trinajstić information content (AvgIpc) is 2.95. The van der Waals surface area contributed by atoms with E-state index < -0.39 is 33.1 Å². The number of fused-ring (bicyclic) bond motifs is 2. The number of allylic oxidation sites excluding steroid dienone is 1. The van der Waals surface area contributed by atoms with E-state index in [2.05, 4.69) is 6.58 Å². The fraction of sp³-hybridized carbons (Fsp3) is 0.281. The van der Waals surface area contributed by atoms with E-state index >= 15 is 0 Å². The van der Waals surface area contributed by atoms with E-state index in [1.165, 1.54) is 0 Å². The zero-order chi connectivity index (χ0) is 26.7. The van der Waals surface area contributed by atoms with Crippen LogP contribution < -0.4 is 4.74 Å². The molecule has 0 aliphatic heterocycles. The van der Waals surface area contributed by atoms with Crippen LogP contribution in [0.25, 0.3) is 21.5 Å². The van der Waals surface area contributed by atoms with Crippen LogP contribution in [0.2, 0.25) is 0 Å². The number of sulfone groups is 1. The predicted molar refractivity (Wildman–Crippen MR) is 151 cm³/mol. The molecule has 1 saturated carbocycles. The van der Waals surface area contributed by atoms with Crippen LogP contribution in [0.15, 0.2) is 96.4 Å². The summed E-state index contributed by atoms with van der Waals surface area (Å²) in [5.41, 5.74) is 0.817. The van der Waals surface area contributed by atoms with Crippen LogP contribution in [-0.4, -0.2) is 32.9 Å². The molecule has 1 aliphatic rings. The first kappa shape index (κ1) is 26.0. The van der Waals surface area contributed by atoms with E-state index in [-0.39, 0.29) is 4.90 Å². The third kappa shape index (κ3) is 5.18. The molecule has 3 atom stereocenters. The fourth-order valence-electron chi connectivity index (χ4n) is 5.42. The molecule has 0 amide bonds. The third-order valence-corrected chi connectivity index (χ3v) is 9.77. The molecule has 196 valence electrons. The second kappa shape index (κ2) is 11.0. The van der Waals surface area contributed by atoms with Gasteiger partial charge >= 0.3 is 5.97 Å². The summed E-state index contributed by atoms with van der Waals surface area (Å²) >= 11 is 0. The maximum Gasteiger partial charge on any atom is 0.314 e. The van der Waals surface area contributed by atoms with Crippen molar-refractivity contribution >= 4 is 37.4 Å². The lowest BCUT2D eigenvalue weighted by Gasteiger charge is -2.32. The van der Waals surface area contributed by atoms with Crippen LogP contribution in [0.3, 0.4) is 0 Å². The van der Waals surface area contributed by atoms with Gasteiger partial charge in [0.05, 0.1) is 17.9 Å². The third-order valence-electron chi connectivity index (χ3n) is 7.52. The van der Waals surface area contributed by atoms with E-state index in [0.29, 0.717) is 19.3 Å². The van der Waals surface area contributed by atoms with Gasteiger partial charge in [-0.3, -0.25) is 4.79 Å². The lowest BCUT2D eigenvalue weighted by Crippen LogP contribution is -2.41. The van der Waals surface area contributed by atoms with E-state index in [9.17, 15) is 13.2 Å². The second-order valence-corrected chi connectivity index (χ2v) is 12.1. The zero-order valence-electron chi connectivity index (χ0n) is 21.5. The minimum atomic E-state index is -3.70. The normalized spacial score (nSPS) is 18.7. The predicted octanol–water partition coefficient (Wildman–Crippen LogP) is 6.99. The Labute approximate surface area is 224 Å². The maximum atomic E-state index is 13.8. The Morgan fingerprint density at radius 1 is 0.921 bits per heavy atom. The van der Waals surface area contributed by atoms with Crippen molar-refractivity contribution < 1.29 is 22.7 Å². The van der Waals surface area contributed by atoms with E-state index in [1.54, 1.807) is 25.3 Å². The number of benzene rings is 4. The number of rotatable bonds is 8. The van der Waals surface area contributed by atoms with Gasteiger partial charge in [-0.25, -0.2) is 8.42 Å². The Balaban J connectivity index is 1.41. The molecule has 0 heterocycles. The second-order valence-electron chi connectivity index (χ2n) is 9.90. The largest absolute Gasteiger partial charge is 0.497 e. The molecule has 5 nitrogen and oxygen atoms in total. The minimum absolute atomic E-state index is 0.275. The molecule has 0 spiro atoms. The lowest BCUT2D eigenvalue weighted by molar-refractivity contribution is -0.152. The maximum absolute atomic E-state index is 13.8. The van der Waals surface area contributed by atoms with Crippen molar-refractivity contribution in [1.29, 1.82) is 0 Å². The van der Waals surface area contributed by atoms with Gasteiger partial charge in [0.15, 0.2) is 9.84 Å². The smallest absolute Gasteiger partial charge is 0.314 e. The zero-order valence-corrected chi connectivity index (χ0v) is 22.3. The van der Waals surface area contributed by atoms with Crippen molar-refractivity contribution in [3.63, 3.8) is 0 Å². The highest BCUT2D eigenvalue weighted by molar-refractivity contribution is 7.92. The molecular formula is C32H32O5S. The molecule has 0 unspecified atom stereocenters. The molecule has 4 aromatic rings. The van der Waals surface area contributed by atoms with Gasteiger partial charge in [0.25, 0.3) is 0 Å². The molecule has 0 aromatic heterocycles. The Morgan fingerprint density at radius 2 is 1.61 bits per heavy atom. The van der Waals surface area contributed by atoms with E-state index in [0.717, 1.165) is 45.7 Å². The minimum Gasteiger partial charge on any atom is -0.497 e. The summed E-state index contributed by atoms with van der Waals surface area (Å²) in [6.45, 7) is 3.84. The summed E-state index contributed by atoms with van der Waals surface area (Å²) in [7, 11) is -2.07. The highest BCUT2D eigenvalue weighted by Gasteiger charge is 2.40. The number of carbonyl (C=O) groups excluding carboxylic acids is 1.